The normalized spacial score (nSPS) is 18.5. The summed E-state index contributed by atoms with van der Waals surface area (Å²) < 4.78 is 0. The molecule has 0 N–H and O–H groups in total. The van der Waals surface area contributed by atoms with Crippen LogP contribution in [-0.2, 0) is 22.7 Å². The van der Waals surface area contributed by atoms with E-state index in [4.69, 9.17) is 0 Å². The fourth-order valence-electron chi connectivity index (χ4n) is 3.80. The lowest BCUT2D eigenvalue weighted by molar-refractivity contribution is -0.145. The van der Waals surface area contributed by atoms with Gasteiger partial charge < -0.3 is 9.80 Å². The molecule has 0 spiro atoms. The second kappa shape index (κ2) is 9.36. The summed E-state index contributed by atoms with van der Waals surface area (Å²) >= 11 is 0. The van der Waals surface area contributed by atoms with Gasteiger partial charge in [-0.25, -0.2) is 0 Å². The van der Waals surface area contributed by atoms with E-state index >= 15 is 0 Å². The van der Waals surface area contributed by atoms with Crippen molar-refractivity contribution < 1.29 is 9.59 Å². The van der Waals surface area contributed by atoms with Crippen molar-refractivity contribution in [1.82, 2.24) is 9.80 Å². The lowest BCUT2D eigenvalue weighted by atomic mass is 9.81. The Morgan fingerprint density at radius 1 is 0.714 bits per heavy atom. The third-order valence-electron chi connectivity index (χ3n) is 5.34. The molecule has 1 aliphatic carbocycles. The Morgan fingerprint density at radius 3 is 1.43 bits per heavy atom. The number of hydrogen-bond acceptors (Lipinski definition) is 2. The Morgan fingerprint density at radius 2 is 1.07 bits per heavy atom. The SMILES string of the molecule is CN(Cc1ccccc1)C(=O)[C@@H]1CC=CC[C@H]1C(=O)N(C)Cc1ccccc1. The van der Waals surface area contributed by atoms with E-state index in [0.29, 0.717) is 25.9 Å². The molecule has 4 heteroatoms. The van der Waals surface area contributed by atoms with E-state index in [1.807, 2.05) is 86.9 Å². The van der Waals surface area contributed by atoms with Gasteiger partial charge in [-0.15, -0.1) is 0 Å². The minimum atomic E-state index is -0.301. The highest BCUT2D eigenvalue weighted by Crippen LogP contribution is 2.29. The molecule has 0 aliphatic heterocycles. The van der Waals surface area contributed by atoms with Crippen molar-refractivity contribution >= 4 is 11.8 Å². The summed E-state index contributed by atoms with van der Waals surface area (Å²) in [7, 11) is 3.64. The quantitative estimate of drug-likeness (QED) is 0.718. The van der Waals surface area contributed by atoms with Crippen molar-refractivity contribution in [3.63, 3.8) is 0 Å². The standard InChI is InChI=1S/C24H28N2O2/c1-25(17-19-11-5-3-6-12-19)23(27)21-15-9-10-16-22(21)24(28)26(2)18-20-13-7-4-8-14-20/h3-14,21-22H,15-18H2,1-2H3/t21-,22-/m1/s1. The molecule has 2 atom stereocenters. The van der Waals surface area contributed by atoms with Crippen molar-refractivity contribution in [2.75, 3.05) is 14.1 Å². The Kier molecular flexibility index (Phi) is 6.64. The minimum Gasteiger partial charge on any atom is -0.341 e. The highest BCUT2D eigenvalue weighted by molar-refractivity contribution is 5.88. The molecule has 0 fully saturated rings. The third-order valence-corrected chi connectivity index (χ3v) is 5.34. The van der Waals surface area contributed by atoms with Crippen LogP contribution in [0, 0.1) is 11.8 Å². The molecule has 0 radical (unpaired) electrons. The molecule has 1 aliphatic rings. The van der Waals surface area contributed by atoms with Crippen LogP contribution in [0.3, 0.4) is 0 Å². The first-order chi connectivity index (χ1) is 13.6. The number of carbonyl (C=O) groups excluding carboxylic acids is 2. The molecule has 4 nitrogen and oxygen atoms in total. The van der Waals surface area contributed by atoms with E-state index in [9.17, 15) is 9.59 Å². The van der Waals surface area contributed by atoms with Gasteiger partial charge in [0.2, 0.25) is 11.8 Å². The van der Waals surface area contributed by atoms with Gasteiger partial charge in [-0.05, 0) is 24.0 Å². The van der Waals surface area contributed by atoms with Crippen molar-refractivity contribution in [1.29, 1.82) is 0 Å². The van der Waals surface area contributed by atoms with Gasteiger partial charge >= 0.3 is 0 Å². The second-order valence-corrected chi connectivity index (χ2v) is 7.52. The van der Waals surface area contributed by atoms with E-state index < -0.39 is 0 Å². The molecule has 2 amide bonds. The highest BCUT2D eigenvalue weighted by Gasteiger charge is 2.36. The average molecular weight is 377 g/mol. The number of amides is 2. The number of allylic oxidation sites excluding steroid dienone is 2. The van der Waals surface area contributed by atoms with Crippen molar-refractivity contribution in [3.05, 3.63) is 83.9 Å². The third kappa shape index (κ3) is 4.89. The van der Waals surface area contributed by atoms with Crippen LogP contribution in [0.4, 0.5) is 0 Å². The van der Waals surface area contributed by atoms with Crippen LogP contribution in [0.5, 0.6) is 0 Å². The van der Waals surface area contributed by atoms with Crippen LogP contribution in [0.25, 0.3) is 0 Å². The summed E-state index contributed by atoms with van der Waals surface area (Å²) in [6, 6.07) is 19.9. The fourth-order valence-corrected chi connectivity index (χ4v) is 3.80. The zero-order valence-corrected chi connectivity index (χ0v) is 16.6. The topological polar surface area (TPSA) is 40.6 Å². The van der Waals surface area contributed by atoms with E-state index in [0.717, 1.165) is 11.1 Å². The Balaban J connectivity index is 1.68. The summed E-state index contributed by atoms with van der Waals surface area (Å²) in [5.41, 5.74) is 2.18. The molecule has 2 aromatic carbocycles. The summed E-state index contributed by atoms with van der Waals surface area (Å²) in [5.74, 6) is -0.520. The number of rotatable bonds is 6. The summed E-state index contributed by atoms with van der Waals surface area (Å²) in [4.78, 5) is 29.7. The lowest BCUT2D eigenvalue weighted by Crippen LogP contribution is -2.43. The molecule has 146 valence electrons. The minimum absolute atomic E-state index is 0.0414. The predicted octanol–water partition coefficient (Wildman–Crippen LogP) is 3.89. The number of hydrogen-bond donors (Lipinski definition) is 0. The van der Waals surface area contributed by atoms with Gasteiger partial charge in [-0.1, -0.05) is 72.8 Å². The molecule has 2 aromatic rings. The molecule has 0 bridgehead atoms. The van der Waals surface area contributed by atoms with Crippen molar-refractivity contribution in [2.45, 2.75) is 25.9 Å². The van der Waals surface area contributed by atoms with Gasteiger partial charge in [0.25, 0.3) is 0 Å². The van der Waals surface area contributed by atoms with Crippen LogP contribution in [0.1, 0.15) is 24.0 Å². The number of benzene rings is 2. The molecule has 0 unspecified atom stereocenters. The first-order valence-electron chi connectivity index (χ1n) is 9.79. The Labute approximate surface area is 167 Å². The van der Waals surface area contributed by atoms with E-state index in [1.54, 1.807) is 9.80 Å². The molecule has 3 rings (SSSR count). The van der Waals surface area contributed by atoms with Crippen molar-refractivity contribution in [2.24, 2.45) is 11.8 Å². The first kappa shape index (κ1) is 19.9. The smallest absolute Gasteiger partial charge is 0.226 e. The molecular weight excluding hydrogens is 348 g/mol. The summed E-state index contributed by atoms with van der Waals surface area (Å²) in [6.07, 6.45) is 5.29. The Hall–Kier alpha value is -2.88. The van der Waals surface area contributed by atoms with E-state index in [2.05, 4.69) is 0 Å². The molecular formula is C24H28N2O2. The van der Waals surface area contributed by atoms with Crippen LogP contribution < -0.4 is 0 Å². The summed E-state index contributed by atoms with van der Waals surface area (Å²) in [5, 5.41) is 0. The van der Waals surface area contributed by atoms with E-state index in [-0.39, 0.29) is 23.7 Å². The molecule has 0 heterocycles. The van der Waals surface area contributed by atoms with Crippen LogP contribution in [0.2, 0.25) is 0 Å². The van der Waals surface area contributed by atoms with Crippen LogP contribution in [-0.4, -0.2) is 35.7 Å². The second-order valence-electron chi connectivity index (χ2n) is 7.52. The van der Waals surface area contributed by atoms with Crippen LogP contribution in [0.15, 0.2) is 72.8 Å². The largest absolute Gasteiger partial charge is 0.341 e. The predicted molar refractivity (Wildman–Crippen MR) is 111 cm³/mol. The maximum atomic E-state index is 13.1. The van der Waals surface area contributed by atoms with E-state index in [1.165, 1.54) is 0 Å². The van der Waals surface area contributed by atoms with Crippen molar-refractivity contribution in [3.8, 4) is 0 Å². The van der Waals surface area contributed by atoms with Crippen LogP contribution >= 0.6 is 0 Å². The van der Waals surface area contributed by atoms with Gasteiger partial charge in [-0.3, -0.25) is 9.59 Å². The lowest BCUT2D eigenvalue weighted by Gasteiger charge is -2.33. The van der Waals surface area contributed by atoms with Gasteiger partial charge in [0.1, 0.15) is 0 Å². The Bertz CT molecular complexity index is 748. The number of carbonyl (C=O) groups is 2. The van der Waals surface area contributed by atoms with Gasteiger partial charge in [0.05, 0.1) is 11.8 Å². The van der Waals surface area contributed by atoms with Gasteiger partial charge in [0, 0.05) is 27.2 Å². The fraction of sp³-hybridized carbons (Fsp3) is 0.333. The number of nitrogens with zero attached hydrogens (tertiary/aromatic N) is 2. The molecule has 28 heavy (non-hydrogen) atoms. The highest BCUT2D eigenvalue weighted by atomic mass is 16.2. The zero-order valence-electron chi connectivity index (χ0n) is 16.6. The molecule has 0 saturated heterocycles. The average Bonchev–Trinajstić information content (AvgIpc) is 2.74. The van der Waals surface area contributed by atoms with Gasteiger partial charge in [-0.2, -0.15) is 0 Å². The first-order valence-corrected chi connectivity index (χ1v) is 9.79. The molecule has 0 saturated carbocycles. The summed E-state index contributed by atoms with van der Waals surface area (Å²) in [6.45, 7) is 1.11. The monoisotopic (exact) mass is 376 g/mol. The van der Waals surface area contributed by atoms with Gasteiger partial charge in [0.15, 0.2) is 0 Å². The zero-order chi connectivity index (χ0) is 19.9. The maximum absolute atomic E-state index is 13.1. The maximum Gasteiger partial charge on any atom is 0.226 e. The molecule has 0 aromatic heterocycles.